The molecule has 0 aliphatic heterocycles. The lowest BCUT2D eigenvalue weighted by molar-refractivity contribution is -0.138. The molecule has 1 atom stereocenters. The summed E-state index contributed by atoms with van der Waals surface area (Å²) in [5.74, 6) is -1.46. The van der Waals surface area contributed by atoms with Gasteiger partial charge in [0.2, 0.25) is 5.91 Å². The highest BCUT2D eigenvalue weighted by Gasteiger charge is 2.13. The zero-order valence-corrected chi connectivity index (χ0v) is 10.4. The molecular weight excluding hydrogens is 246 g/mol. The van der Waals surface area contributed by atoms with Gasteiger partial charge in [0.05, 0.1) is 5.75 Å². The molecule has 0 unspecified atom stereocenters. The van der Waals surface area contributed by atoms with Crippen LogP contribution in [-0.2, 0) is 9.59 Å². The molecule has 0 fully saturated rings. The molecule has 0 aliphatic carbocycles. The van der Waals surface area contributed by atoms with E-state index in [1.165, 1.54) is 0 Å². The molecule has 0 aromatic heterocycles. The molecule has 0 saturated heterocycles. The largest absolute Gasteiger partial charge is 0.480 e. The third-order valence-corrected chi connectivity index (χ3v) is 2.70. The van der Waals surface area contributed by atoms with Crippen LogP contribution >= 0.6 is 11.8 Å². The van der Waals surface area contributed by atoms with Crippen molar-refractivity contribution in [3.05, 3.63) is 0 Å². The van der Waals surface area contributed by atoms with Crippen molar-refractivity contribution in [3.63, 3.8) is 0 Å². The number of hydrogen-bond donors (Lipinski definition) is 4. The molecule has 98 valence electrons. The number of carboxylic acids is 1. The maximum Gasteiger partial charge on any atom is 0.321 e. The molecule has 0 heterocycles. The minimum absolute atomic E-state index is 0.000521. The van der Waals surface area contributed by atoms with Crippen LogP contribution < -0.4 is 16.4 Å². The van der Waals surface area contributed by atoms with Crippen LogP contribution in [0.1, 0.15) is 13.3 Å². The number of nitrogens with two attached hydrogens (primary N) is 1. The summed E-state index contributed by atoms with van der Waals surface area (Å²) in [5.41, 5.74) is 5.24. The second kappa shape index (κ2) is 8.82. The van der Waals surface area contributed by atoms with E-state index in [1.807, 2.05) is 6.92 Å². The summed E-state index contributed by atoms with van der Waals surface area (Å²) < 4.78 is 0. The summed E-state index contributed by atoms with van der Waals surface area (Å²) in [6, 6.07) is -1.54. The van der Waals surface area contributed by atoms with E-state index in [4.69, 9.17) is 10.8 Å². The van der Waals surface area contributed by atoms with Crippen LogP contribution in [0.25, 0.3) is 0 Å². The van der Waals surface area contributed by atoms with E-state index in [0.29, 0.717) is 6.54 Å². The first-order chi connectivity index (χ1) is 7.97. The van der Waals surface area contributed by atoms with Gasteiger partial charge in [-0.3, -0.25) is 14.9 Å². The highest BCUT2D eigenvalue weighted by atomic mass is 32.2. The smallest absolute Gasteiger partial charge is 0.321 e. The number of nitrogens with one attached hydrogen (secondary N) is 2. The molecule has 0 aromatic rings. The SMILES string of the molecule is CCCNC(=O)NC(=O)CSC[C@@H](N)C(=O)O. The Hall–Kier alpha value is -1.28. The average Bonchev–Trinajstić information content (AvgIpc) is 2.25. The minimum Gasteiger partial charge on any atom is -0.480 e. The van der Waals surface area contributed by atoms with Gasteiger partial charge in [0.1, 0.15) is 6.04 Å². The Kier molecular flexibility index (Phi) is 8.16. The quantitative estimate of drug-likeness (QED) is 0.485. The van der Waals surface area contributed by atoms with Crippen LogP contribution in [0.2, 0.25) is 0 Å². The third kappa shape index (κ3) is 8.52. The molecule has 8 heteroatoms. The summed E-state index contributed by atoms with van der Waals surface area (Å²) in [6.07, 6.45) is 0.782. The molecule has 5 N–H and O–H groups in total. The number of urea groups is 1. The Morgan fingerprint density at radius 2 is 2.06 bits per heavy atom. The second-order valence-electron chi connectivity index (χ2n) is 3.26. The van der Waals surface area contributed by atoms with Gasteiger partial charge >= 0.3 is 12.0 Å². The predicted octanol–water partition coefficient (Wildman–Crippen LogP) is -0.633. The number of hydrogen-bond acceptors (Lipinski definition) is 5. The van der Waals surface area contributed by atoms with E-state index in [1.54, 1.807) is 0 Å². The molecule has 17 heavy (non-hydrogen) atoms. The lowest BCUT2D eigenvalue weighted by Crippen LogP contribution is -2.41. The van der Waals surface area contributed by atoms with E-state index < -0.39 is 23.9 Å². The van der Waals surface area contributed by atoms with E-state index in [0.717, 1.165) is 18.2 Å². The molecular formula is C9H17N3O4S. The van der Waals surface area contributed by atoms with Gasteiger partial charge in [-0.25, -0.2) is 4.79 Å². The van der Waals surface area contributed by atoms with Crippen LogP contribution in [0.5, 0.6) is 0 Å². The zero-order chi connectivity index (χ0) is 13.3. The zero-order valence-electron chi connectivity index (χ0n) is 9.56. The number of imide groups is 1. The monoisotopic (exact) mass is 263 g/mol. The molecule has 0 bridgehead atoms. The first kappa shape index (κ1) is 15.7. The molecule has 0 saturated carbocycles. The highest BCUT2D eigenvalue weighted by Crippen LogP contribution is 2.01. The fraction of sp³-hybridized carbons (Fsp3) is 0.667. The number of aliphatic carboxylic acids is 1. The maximum atomic E-state index is 11.2. The molecule has 3 amide bonds. The van der Waals surface area contributed by atoms with Crippen molar-refractivity contribution < 1.29 is 19.5 Å². The van der Waals surface area contributed by atoms with Gasteiger partial charge in [-0.2, -0.15) is 0 Å². The van der Waals surface area contributed by atoms with E-state index in [-0.39, 0.29) is 11.5 Å². The van der Waals surface area contributed by atoms with Gasteiger partial charge in [-0.15, -0.1) is 11.8 Å². The Balaban J connectivity index is 3.66. The first-order valence-corrected chi connectivity index (χ1v) is 6.26. The number of carbonyl (C=O) groups excluding carboxylic acids is 2. The van der Waals surface area contributed by atoms with Crippen LogP contribution in [0, 0.1) is 0 Å². The lowest BCUT2D eigenvalue weighted by atomic mass is 10.4. The number of rotatable bonds is 7. The summed E-state index contributed by atoms with van der Waals surface area (Å²) in [5, 5.41) is 13.1. The number of amides is 3. The van der Waals surface area contributed by atoms with Crippen molar-refractivity contribution in [1.82, 2.24) is 10.6 Å². The van der Waals surface area contributed by atoms with Gasteiger partial charge in [0.25, 0.3) is 0 Å². The van der Waals surface area contributed by atoms with Crippen molar-refractivity contribution in [2.75, 3.05) is 18.1 Å². The van der Waals surface area contributed by atoms with Gasteiger partial charge in [-0.05, 0) is 6.42 Å². The fourth-order valence-corrected chi connectivity index (χ4v) is 1.57. The topological polar surface area (TPSA) is 122 Å². The van der Waals surface area contributed by atoms with Crippen molar-refractivity contribution >= 4 is 29.7 Å². The second-order valence-corrected chi connectivity index (χ2v) is 4.29. The predicted molar refractivity (Wildman–Crippen MR) is 64.8 cm³/mol. The Morgan fingerprint density at radius 1 is 1.41 bits per heavy atom. The van der Waals surface area contributed by atoms with E-state index in [9.17, 15) is 14.4 Å². The Labute approximate surface area is 104 Å². The first-order valence-electron chi connectivity index (χ1n) is 5.11. The van der Waals surface area contributed by atoms with Crippen LogP contribution in [0.3, 0.4) is 0 Å². The van der Waals surface area contributed by atoms with E-state index in [2.05, 4.69) is 10.6 Å². The summed E-state index contributed by atoms with van der Waals surface area (Å²) >= 11 is 1.07. The maximum absolute atomic E-state index is 11.2. The molecule has 0 spiro atoms. The Morgan fingerprint density at radius 3 is 2.59 bits per heavy atom. The average molecular weight is 263 g/mol. The van der Waals surface area contributed by atoms with Crippen LogP contribution in [0.15, 0.2) is 0 Å². The lowest BCUT2D eigenvalue weighted by Gasteiger charge is -2.07. The van der Waals surface area contributed by atoms with Crippen molar-refractivity contribution in [2.24, 2.45) is 5.73 Å². The number of thioether (sulfide) groups is 1. The third-order valence-electron chi connectivity index (χ3n) is 1.64. The Bertz CT molecular complexity index is 285. The minimum atomic E-state index is -1.11. The fourth-order valence-electron chi connectivity index (χ4n) is 0.795. The summed E-state index contributed by atoms with van der Waals surface area (Å²) in [6.45, 7) is 2.39. The molecule has 0 radical (unpaired) electrons. The van der Waals surface area contributed by atoms with Crippen molar-refractivity contribution in [1.29, 1.82) is 0 Å². The van der Waals surface area contributed by atoms with Gasteiger partial charge in [-0.1, -0.05) is 6.92 Å². The van der Waals surface area contributed by atoms with E-state index >= 15 is 0 Å². The van der Waals surface area contributed by atoms with Gasteiger partial charge < -0.3 is 16.2 Å². The molecule has 0 aromatic carbocycles. The van der Waals surface area contributed by atoms with Crippen LogP contribution in [0.4, 0.5) is 4.79 Å². The molecule has 0 rings (SSSR count). The van der Waals surface area contributed by atoms with Gasteiger partial charge in [0, 0.05) is 12.3 Å². The number of carboxylic acid groups (broad SMARTS) is 1. The van der Waals surface area contributed by atoms with Gasteiger partial charge in [0.15, 0.2) is 0 Å². The molecule has 0 aliphatic rings. The normalized spacial score (nSPS) is 11.6. The molecule has 7 nitrogen and oxygen atoms in total. The van der Waals surface area contributed by atoms with Crippen LogP contribution in [-0.4, -0.2) is 47.1 Å². The standard InChI is InChI=1S/C9H17N3O4S/c1-2-3-11-9(16)12-7(13)5-17-4-6(10)8(14)15/h6H,2-5,10H2,1H3,(H,14,15)(H2,11,12,13,16)/t6-/m1/s1. The van der Waals surface area contributed by atoms with Crippen molar-refractivity contribution in [3.8, 4) is 0 Å². The van der Waals surface area contributed by atoms with Crippen molar-refractivity contribution in [2.45, 2.75) is 19.4 Å². The number of carbonyl (C=O) groups is 3. The summed E-state index contributed by atoms with van der Waals surface area (Å²) in [7, 11) is 0. The highest BCUT2D eigenvalue weighted by molar-refractivity contribution is 8.00. The summed E-state index contributed by atoms with van der Waals surface area (Å²) in [4.78, 5) is 32.6.